The quantitative estimate of drug-likeness (QED) is 0.263. The third-order valence-corrected chi connectivity index (χ3v) is 5.06. The molecule has 2 aromatic carbocycles. The van der Waals surface area contributed by atoms with Gasteiger partial charge in [-0.05, 0) is 71.1 Å². The number of anilines is 1. The van der Waals surface area contributed by atoms with Crippen LogP contribution >= 0.6 is 45.8 Å². The topological polar surface area (TPSA) is 66.6 Å². The Balaban J connectivity index is 1.54. The van der Waals surface area contributed by atoms with E-state index in [9.17, 15) is 4.79 Å². The fourth-order valence-electron chi connectivity index (χ4n) is 2.22. The number of hydrogen-bond acceptors (Lipinski definition) is 4. The summed E-state index contributed by atoms with van der Waals surface area (Å²) in [6.45, 7) is 0.111. The van der Waals surface area contributed by atoms with Crippen LogP contribution in [0.15, 0.2) is 64.1 Å². The van der Waals surface area contributed by atoms with E-state index in [-0.39, 0.29) is 12.5 Å². The molecular weight excluding hydrogens is 500 g/mol. The van der Waals surface area contributed by atoms with Crippen molar-refractivity contribution in [3.63, 3.8) is 0 Å². The normalized spacial score (nSPS) is 10.9. The molecule has 1 heterocycles. The van der Waals surface area contributed by atoms with Gasteiger partial charge in [0.15, 0.2) is 0 Å². The molecule has 0 aliphatic rings. The lowest BCUT2D eigenvalue weighted by Gasteiger charge is -2.04. The van der Waals surface area contributed by atoms with Gasteiger partial charge in [0, 0.05) is 14.8 Å². The number of carbonyl (C=O) groups excluding carboxylic acids is 1. The molecule has 0 saturated carbocycles. The lowest BCUT2D eigenvalue weighted by atomic mass is 10.2. The number of benzene rings is 2. The van der Waals surface area contributed by atoms with Gasteiger partial charge in [-0.25, -0.2) is 5.43 Å². The Morgan fingerprint density at radius 2 is 1.89 bits per heavy atom. The monoisotopic (exact) mass is 513 g/mol. The van der Waals surface area contributed by atoms with Crippen molar-refractivity contribution in [2.45, 2.75) is 0 Å². The average Bonchev–Trinajstić information content (AvgIpc) is 3.12. The van der Waals surface area contributed by atoms with Crippen LogP contribution in [-0.4, -0.2) is 18.7 Å². The summed E-state index contributed by atoms with van der Waals surface area (Å²) < 4.78 is 6.80. The molecule has 0 atom stereocenters. The van der Waals surface area contributed by atoms with Gasteiger partial charge in [0.1, 0.15) is 11.5 Å². The smallest absolute Gasteiger partial charge is 0.259 e. The van der Waals surface area contributed by atoms with Crippen LogP contribution < -0.4 is 10.7 Å². The molecule has 0 aliphatic carbocycles. The van der Waals surface area contributed by atoms with E-state index in [1.54, 1.807) is 24.3 Å². The summed E-state index contributed by atoms with van der Waals surface area (Å²) in [5.41, 5.74) is 4.00. The zero-order valence-electron chi connectivity index (χ0n) is 13.9. The fourth-order valence-corrected chi connectivity index (χ4v) is 2.97. The summed E-state index contributed by atoms with van der Waals surface area (Å²) in [7, 11) is 0. The zero-order chi connectivity index (χ0) is 19.2. The number of rotatable bonds is 6. The highest BCUT2D eigenvalue weighted by Gasteiger charge is 2.10. The molecule has 2 N–H and O–H groups in total. The summed E-state index contributed by atoms with van der Waals surface area (Å²) in [6, 6.07) is 16.5. The van der Waals surface area contributed by atoms with E-state index in [0.29, 0.717) is 27.1 Å². The number of nitrogens with zero attached hydrogens (tertiary/aromatic N) is 1. The molecule has 1 aromatic heterocycles. The van der Waals surface area contributed by atoms with Gasteiger partial charge in [0.25, 0.3) is 5.91 Å². The highest BCUT2D eigenvalue weighted by molar-refractivity contribution is 14.1. The van der Waals surface area contributed by atoms with E-state index in [1.807, 2.05) is 30.3 Å². The predicted octanol–water partition coefficient (Wildman–Crippen LogP) is 5.42. The second-order valence-corrected chi connectivity index (χ2v) is 7.49. The molecule has 0 bridgehead atoms. The second-order valence-electron chi connectivity index (χ2n) is 5.46. The molecule has 1 amide bonds. The number of hydrogen-bond donors (Lipinski definition) is 2. The lowest BCUT2D eigenvalue weighted by molar-refractivity contribution is -0.119. The highest BCUT2D eigenvalue weighted by Crippen LogP contribution is 2.34. The van der Waals surface area contributed by atoms with E-state index < -0.39 is 0 Å². The molecule has 138 valence electrons. The molecule has 0 spiro atoms. The molecule has 0 aliphatic heterocycles. The van der Waals surface area contributed by atoms with Gasteiger partial charge in [-0.3, -0.25) is 4.79 Å². The Kier molecular flexibility index (Phi) is 6.76. The fraction of sp³-hybridized carbons (Fsp3) is 0.0526. The summed E-state index contributed by atoms with van der Waals surface area (Å²) in [5.74, 6) is 0.775. The molecule has 3 rings (SSSR count). The molecule has 27 heavy (non-hydrogen) atoms. The van der Waals surface area contributed by atoms with E-state index >= 15 is 0 Å². The Hall–Kier alpha value is -2.03. The first kappa shape index (κ1) is 19.7. The molecular formula is C19H14Cl2IN3O2. The zero-order valence-corrected chi connectivity index (χ0v) is 17.5. The van der Waals surface area contributed by atoms with Crippen LogP contribution in [0.3, 0.4) is 0 Å². The summed E-state index contributed by atoms with van der Waals surface area (Å²) >= 11 is 14.4. The van der Waals surface area contributed by atoms with Crippen molar-refractivity contribution >= 4 is 63.6 Å². The predicted molar refractivity (Wildman–Crippen MR) is 118 cm³/mol. The summed E-state index contributed by atoms with van der Waals surface area (Å²) in [4.78, 5) is 11.8. The highest BCUT2D eigenvalue weighted by atomic mass is 127. The maximum absolute atomic E-state index is 11.8. The standard InChI is InChI=1S/C19H14Cl2IN3O2/c20-16-3-1-2-15(19(16)21)17-9-8-14(27-17)10-24-25-18(26)11-23-13-6-4-12(22)5-7-13/h1-10,23H,11H2,(H,25,26)/b24-10-. The number of furan rings is 1. The molecule has 5 nitrogen and oxygen atoms in total. The van der Waals surface area contributed by atoms with Crippen LogP contribution in [0, 0.1) is 3.57 Å². The van der Waals surface area contributed by atoms with Crippen LogP contribution in [-0.2, 0) is 4.79 Å². The first-order valence-electron chi connectivity index (χ1n) is 7.88. The summed E-state index contributed by atoms with van der Waals surface area (Å²) in [6.07, 6.45) is 1.42. The molecule has 0 saturated heterocycles. The van der Waals surface area contributed by atoms with Crippen LogP contribution in [0.25, 0.3) is 11.3 Å². The number of amides is 1. The lowest BCUT2D eigenvalue weighted by Crippen LogP contribution is -2.25. The number of halogens is 3. The third kappa shape index (κ3) is 5.47. The van der Waals surface area contributed by atoms with Crippen molar-refractivity contribution in [1.82, 2.24) is 5.43 Å². The van der Waals surface area contributed by atoms with E-state index in [1.165, 1.54) is 6.21 Å². The van der Waals surface area contributed by atoms with Crippen LogP contribution in [0.1, 0.15) is 5.76 Å². The molecule has 8 heteroatoms. The molecule has 0 fully saturated rings. The Morgan fingerprint density at radius 3 is 2.67 bits per heavy atom. The first-order chi connectivity index (χ1) is 13.0. The summed E-state index contributed by atoms with van der Waals surface area (Å²) in [5, 5.41) is 7.79. The van der Waals surface area contributed by atoms with Gasteiger partial charge in [-0.1, -0.05) is 29.3 Å². The van der Waals surface area contributed by atoms with Crippen molar-refractivity contribution in [1.29, 1.82) is 0 Å². The second kappa shape index (κ2) is 9.25. The molecule has 0 unspecified atom stereocenters. The SMILES string of the molecule is O=C(CNc1ccc(I)cc1)N/N=C\c1ccc(-c2cccc(Cl)c2Cl)o1. The Bertz CT molecular complexity index is 971. The maximum atomic E-state index is 11.8. The third-order valence-electron chi connectivity index (χ3n) is 3.52. The number of nitrogens with one attached hydrogen (secondary N) is 2. The van der Waals surface area contributed by atoms with Crippen molar-refractivity contribution < 1.29 is 9.21 Å². The van der Waals surface area contributed by atoms with E-state index in [0.717, 1.165) is 9.26 Å². The number of carbonyl (C=O) groups is 1. The van der Waals surface area contributed by atoms with Crippen LogP contribution in [0.5, 0.6) is 0 Å². The number of hydrazone groups is 1. The van der Waals surface area contributed by atoms with E-state index in [4.69, 9.17) is 27.6 Å². The van der Waals surface area contributed by atoms with Gasteiger partial charge in [-0.15, -0.1) is 0 Å². The van der Waals surface area contributed by atoms with E-state index in [2.05, 4.69) is 38.4 Å². The molecule has 3 aromatic rings. The maximum Gasteiger partial charge on any atom is 0.259 e. The van der Waals surface area contributed by atoms with Gasteiger partial charge in [0.2, 0.25) is 0 Å². The minimum absolute atomic E-state index is 0.111. The minimum atomic E-state index is -0.269. The van der Waals surface area contributed by atoms with Crippen molar-refractivity contribution in [2.75, 3.05) is 11.9 Å². The van der Waals surface area contributed by atoms with Gasteiger partial charge >= 0.3 is 0 Å². The van der Waals surface area contributed by atoms with Crippen molar-refractivity contribution in [3.05, 3.63) is 74.0 Å². The van der Waals surface area contributed by atoms with Gasteiger partial charge in [-0.2, -0.15) is 5.10 Å². The minimum Gasteiger partial charge on any atom is -0.455 e. The van der Waals surface area contributed by atoms with Crippen molar-refractivity contribution in [2.24, 2.45) is 5.10 Å². The average molecular weight is 514 g/mol. The van der Waals surface area contributed by atoms with Crippen molar-refractivity contribution in [3.8, 4) is 11.3 Å². The van der Waals surface area contributed by atoms with Gasteiger partial charge < -0.3 is 9.73 Å². The van der Waals surface area contributed by atoms with Crippen LogP contribution in [0.2, 0.25) is 10.0 Å². The Labute approximate surface area is 179 Å². The van der Waals surface area contributed by atoms with Crippen LogP contribution in [0.4, 0.5) is 5.69 Å². The first-order valence-corrected chi connectivity index (χ1v) is 9.72. The Morgan fingerprint density at radius 1 is 1.11 bits per heavy atom. The molecule has 0 radical (unpaired) electrons. The largest absolute Gasteiger partial charge is 0.455 e. The van der Waals surface area contributed by atoms with Gasteiger partial charge in [0.05, 0.1) is 22.8 Å².